The molecule has 6 heteroatoms. The van der Waals surface area contributed by atoms with Crippen LogP contribution in [0.4, 0.5) is 5.69 Å². The zero-order chi connectivity index (χ0) is 15.9. The minimum atomic E-state index is -0.820. The molecule has 0 fully saturated rings. The summed E-state index contributed by atoms with van der Waals surface area (Å²) in [4.78, 5) is 23.5. The quantitative estimate of drug-likeness (QED) is 0.806. The summed E-state index contributed by atoms with van der Waals surface area (Å²) in [5.74, 6) is -0.234. The van der Waals surface area contributed by atoms with Gasteiger partial charge >= 0.3 is 5.97 Å². The number of carbonyl (C=O) groups is 2. The number of aryl methyl sites for hydroxylation is 1. The number of carboxylic acids is 1. The lowest BCUT2D eigenvalue weighted by atomic mass is 10.2. The van der Waals surface area contributed by atoms with Crippen LogP contribution < -0.4 is 5.32 Å². The first-order chi connectivity index (χ1) is 10.6. The molecule has 0 bridgehead atoms. The molecule has 0 spiro atoms. The number of amides is 1. The molecule has 1 aromatic carbocycles. The number of hydrogen-bond acceptors (Lipinski definition) is 4. The van der Waals surface area contributed by atoms with E-state index in [1.165, 1.54) is 23.1 Å². The molecule has 0 atom stereocenters. The molecule has 116 valence electrons. The van der Waals surface area contributed by atoms with Crippen molar-refractivity contribution in [2.45, 2.75) is 19.1 Å². The van der Waals surface area contributed by atoms with E-state index in [1.807, 2.05) is 42.6 Å². The highest BCUT2D eigenvalue weighted by Gasteiger charge is 2.12. The SMILES string of the molecule is CCc1ccsc1C(=O)Nc1cccc(CSCC(=O)O)c1. The van der Waals surface area contributed by atoms with Gasteiger partial charge < -0.3 is 10.4 Å². The summed E-state index contributed by atoms with van der Waals surface area (Å²) in [5.41, 5.74) is 2.77. The predicted molar refractivity (Wildman–Crippen MR) is 91.9 cm³/mol. The van der Waals surface area contributed by atoms with Crippen LogP contribution >= 0.6 is 23.1 Å². The molecular formula is C16H17NO3S2. The zero-order valence-corrected chi connectivity index (χ0v) is 13.8. The lowest BCUT2D eigenvalue weighted by molar-refractivity contribution is -0.133. The molecule has 2 rings (SSSR count). The normalized spacial score (nSPS) is 10.4. The van der Waals surface area contributed by atoms with E-state index in [9.17, 15) is 9.59 Å². The third kappa shape index (κ3) is 4.61. The van der Waals surface area contributed by atoms with Gasteiger partial charge in [0, 0.05) is 11.4 Å². The molecule has 22 heavy (non-hydrogen) atoms. The van der Waals surface area contributed by atoms with Crippen LogP contribution in [0.2, 0.25) is 0 Å². The van der Waals surface area contributed by atoms with Gasteiger partial charge in [0.05, 0.1) is 10.6 Å². The second kappa shape index (κ2) is 8.00. The molecule has 0 saturated carbocycles. The number of thioether (sulfide) groups is 1. The zero-order valence-electron chi connectivity index (χ0n) is 12.2. The highest BCUT2D eigenvalue weighted by atomic mass is 32.2. The minimum absolute atomic E-state index is 0.0750. The fourth-order valence-corrected chi connectivity index (χ4v) is 3.58. The van der Waals surface area contributed by atoms with E-state index in [-0.39, 0.29) is 11.7 Å². The van der Waals surface area contributed by atoms with Crippen LogP contribution in [0.3, 0.4) is 0 Å². The number of aliphatic carboxylic acids is 1. The van der Waals surface area contributed by atoms with E-state index in [0.29, 0.717) is 5.75 Å². The van der Waals surface area contributed by atoms with Gasteiger partial charge in [-0.05, 0) is 41.1 Å². The smallest absolute Gasteiger partial charge is 0.313 e. The van der Waals surface area contributed by atoms with Crippen molar-refractivity contribution in [3.8, 4) is 0 Å². The summed E-state index contributed by atoms with van der Waals surface area (Å²) < 4.78 is 0. The third-order valence-corrected chi connectivity index (χ3v) is 4.96. The summed E-state index contributed by atoms with van der Waals surface area (Å²) in [6.07, 6.45) is 0.831. The standard InChI is InChI=1S/C16H17NO3S2/c1-2-12-6-7-22-15(12)16(20)17-13-5-3-4-11(8-13)9-21-10-14(18)19/h3-8H,2,9-10H2,1H3,(H,17,20)(H,18,19). The Morgan fingerprint density at radius 1 is 1.32 bits per heavy atom. The Bertz CT molecular complexity index is 667. The van der Waals surface area contributed by atoms with Crippen LogP contribution in [0.1, 0.15) is 27.7 Å². The number of anilines is 1. The van der Waals surface area contributed by atoms with Crippen LogP contribution in [0.5, 0.6) is 0 Å². The van der Waals surface area contributed by atoms with E-state index in [1.54, 1.807) is 0 Å². The summed E-state index contributed by atoms with van der Waals surface area (Å²) >= 11 is 2.78. The first-order valence-corrected chi connectivity index (χ1v) is 8.89. The van der Waals surface area contributed by atoms with Crippen LogP contribution in [0.25, 0.3) is 0 Å². The largest absolute Gasteiger partial charge is 0.481 e. The Balaban J connectivity index is 2.01. The van der Waals surface area contributed by atoms with Gasteiger partial charge in [0.15, 0.2) is 0 Å². The van der Waals surface area contributed by atoms with Gasteiger partial charge in [0.25, 0.3) is 5.91 Å². The molecule has 0 saturated heterocycles. The van der Waals surface area contributed by atoms with Gasteiger partial charge in [-0.3, -0.25) is 9.59 Å². The van der Waals surface area contributed by atoms with Crippen molar-refractivity contribution in [2.75, 3.05) is 11.1 Å². The van der Waals surface area contributed by atoms with Gasteiger partial charge in [-0.25, -0.2) is 0 Å². The summed E-state index contributed by atoms with van der Waals surface area (Å²) in [6, 6.07) is 9.47. The topological polar surface area (TPSA) is 66.4 Å². The molecule has 1 amide bonds. The van der Waals surface area contributed by atoms with E-state index in [2.05, 4.69) is 5.32 Å². The van der Waals surface area contributed by atoms with Gasteiger partial charge in [0.1, 0.15) is 0 Å². The Kier molecular flexibility index (Phi) is 6.03. The highest BCUT2D eigenvalue weighted by Crippen LogP contribution is 2.21. The predicted octanol–water partition coefficient (Wildman–Crippen LogP) is 3.88. The minimum Gasteiger partial charge on any atom is -0.481 e. The van der Waals surface area contributed by atoms with Crippen LogP contribution in [-0.2, 0) is 17.0 Å². The second-order valence-electron chi connectivity index (χ2n) is 4.67. The van der Waals surface area contributed by atoms with Crippen molar-refractivity contribution in [3.05, 3.63) is 51.7 Å². The van der Waals surface area contributed by atoms with Crippen molar-refractivity contribution in [3.63, 3.8) is 0 Å². The fraction of sp³-hybridized carbons (Fsp3) is 0.250. The van der Waals surface area contributed by atoms with E-state index in [4.69, 9.17) is 5.11 Å². The van der Waals surface area contributed by atoms with E-state index >= 15 is 0 Å². The maximum atomic E-state index is 12.3. The van der Waals surface area contributed by atoms with Gasteiger partial charge in [0.2, 0.25) is 0 Å². The van der Waals surface area contributed by atoms with Crippen molar-refractivity contribution in [2.24, 2.45) is 0 Å². The number of hydrogen-bond donors (Lipinski definition) is 2. The molecule has 2 N–H and O–H groups in total. The second-order valence-corrected chi connectivity index (χ2v) is 6.57. The Morgan fingerprint density at radius 2 is 2.14 bits per heavy atom. The number of nitrogens with one attached hydrogen (secondary N) is 1. The number of carbonyl (C=O) groups excluding carboxylic acids is 1. The lowest BCUT2D eigenvalue weighted by Crippen LogP contribution is -2.12. The molecule has 0 aliphatic rings. The number of rotatable bonds is 7. The van der Waals surface area contributed by atoms with Gasteiger partial charge in [-0.1, -0.05) is 19.1 Å². The highest BCUT2D eigenvalue weighted by molar-refractivity contribution is 7.99. The molecule has 0 radical (unpaired) electrons. The van der Waals surface area contributed by atoms with Crippen molar-refractivity contribution < 1.29 is 14.7 Å². The number of carboxylic acid groups (broad SMARTS) is 1. The summed E-state index contributed by atoms with van der Waals surface area (Å²) in [7, 11) is 0. The molecule has 1 aromatic heterocycles. The molecular weight excluding hydrogens is 318 g/mol. The van der Waals surface area contributed by atoms with Gasteiger partial charge in [-0.2, -0.15) is 0 Å². The monoisotopic (exact) mass is 335 g/mol. The lowest BCUT2D eigenvalue weighted by Gasteiger charge is -2.07. The average Bonchev–Trinajstić information content (AvgIpc) is 2.96. The first-order valence-electron chi connectivity index (χ1n) is 6.86. The number of benzene rings is 1. The first kappa shape index (κ1) is 16.6. The van der Waals surface area contributed by atoms with E-state index in [0.717, 1.165) is 28.1 Å². The van der Waals surface area contributed by atoms with Gasteiger partial charge in [-0.15, -0.1) is 23.1 Å². The van der Waals surface area contributed by atoms with Crippen LogP contribution in [0.15, 0.2) is 35.7 Å². The molecule has 0 aliphatic carbocycles. The summed E-state index contributed by atoms with van der Waals surface area (Å²) in [6.45, 7) is 2.03. The number of thiophene rings is 1. The molecule has 1 heterocycles. The Morgan fingerprint density at radius 3 is 2.86 bits per heavy atom. The maximum absolute atomic E-state index is 12.3. The van der Waals surface area contributed by atoms with Crippen molar-refractivity contribution in [1.82, 2.24) is 0 Å². The molecule has 2 aromatic rings. The molecule has 4 nitrogen and oxygen atoms in total. The molecule has 0 unspecified atom stereocenters. The van der Waals surface area contributed by atoms with Crippen LogP contribution in [-0.4, -0.2) is 22.7 Å². The Hall–Kier alpha value is -1.79. The third-order valence-electron chi connectivity index (χ3n) is 3.01. The maximum Gasteiger partial charge on any atom is 0.313 e. The fourth-order valence-electron chi connectivity index (χ4n) is 2.00. The average molecular weight is 335 g/mol. The molecule has 0 aliphatic heterocycles. The summed E-state index contributed by atoms with van der Waals surface area (Å²) in [5, 5.41) is 13.5. The Labute approximate surface area is 137 Å². The van der Waals surface area contributed by atoms with E-state index < -0.39 is 5.97 Å². The van der Waals surface area contributed by atoms with Crippen molar-refractivity contribution >= 4 is 40.7 Å². The van der Waals surface area contributed by atoms with Crippen LogP contribution in [0, 0.1) is 0 Å². The van der Waals surface area contributed by atoms with Crippen molar-refractivity contribution in [1.29, 1.82) is 0 Å².